The van der Waals surface area contributed by atoms with Gasteiger partial charge in [0.25, 0.3) is 0 Å². The van der Waals surface area contributed by atoms with Crippen LogP contribution in [0.5, 0.6) is 0 Å². The number of hydrogen-bond donors (Lipinski definition) is 3. The first-order valence-corrected chi connectivity index (χ1v) is 8.01. The first-order valence-electron chi connectivity index (χ1n) is 6.40. The van der Waals surface area contributed by atoms with Crippen molar-refractivity contribution in [1.29, 1.82) is 0 Å². The largest absolute Gasteiger partial charge is 0.325 e. The number of anilines is 1. The number of imide groups is 1. The van der Waals surface area contributed by atoms with Crippen LogP contribution >= 0.6 is 27.3 Å². The third-order valence-corrected chi connectivity index (χ3v) is 4.52. The van der Waals surface area contributed by atoms with Crippen LogP contribution in [0, 0.1) is 6.92 Å². The third kappa shape index (κ3) is 2.95. The average molecular weight is 383 g/mol. The fourth-order valence-corrected chi connectivity index (χ4v) is 3.87. The second kappa shape index (κ2) is 5.65. The van der Waals surface area contributed by atoms with Gasteiger partial charge < -0.3 is 5.32 Å². The minimum atomic E-state index is -0.835. The number of halogens is 1. The zero-order valence-corrected chi connectivity index (χ0v) is 13.8. The standard InChI is InChI=1S/C13H11BrN4O3S/c1-5-2-6(14)3-8-10(5)17-13(22-8)18-12(21)15-7-4-9(19)16-11(7)20/h2-3,7H,4H2,1H3,(H,16,19,20)(H2,15,17,18,21). The summed E-state index contributed by atoms with van der Waals surface area (Å²) in [5.41, 5.74) is 1.81. The number of nitrogens with zero attached hydrogens (tertiary/aromatic N) is 1. The number of thiazole rings is 1. The molecular formula is C13H11BrN4O3S. The van der Waals surface area contributed by atoms with Crippen LogP contribution in [0.4, 0.5) is 9.93 Å². The van der Waals surface area contributed by atoms with Crippen LogP contribution in [-0.2, 0) is 9.59 Å². The summed E-state index contributed by atoms with van der Waals surface area (Å²) in [6.07, 6.45) is -0.0435. The smallest absolute Gasteiger partial charge is 0.321 e. The molecule has 1 aliphatic rings. The normalized spacial score (nSPS) is 17.6. The van der Waals surface area contributed by atoms with Gasteiger partial charge in [-0.1, -0.05) is 27.3 Å². The molecule has 3 N–H and O–H groups in total. The number of fused-ring (bicyclic) bond motifs is 1. The molecule has 7 nitrogen and oxygen atoms in total. The highest BCUT2D eigenvalue weighted by Crippen LogP contribution is 2.31. The SMILES string of the molecule is Cc1cc(Br)cc2sc(NC(=O)NC3CC(=O)NC3=O)nc12. The number of benzene rings is 1. The summed E-state index contributed by atoms with van der Waals surface area (Å²) in [5.74, 6) is -0.889. The van der Waals surface area contributed by atoms with Crippen molar-refractivity contribution in [2.24, 2.45) is 0 Å². The van der Waals surface area contributed by atoms with E-state index in [9.17, 15) is 14.4 Å². The van der Waals surface area contributed by atoms with E-state index < -0.39 is 23.9 Å². The van der Waals surface area contributed by atoms with E-state index >= 15 is 0 Å². The Morgan fingerprint density at radius 3 is 2.91 bits per heavy atom. The molecule has 1 fully saturated rings. The van der Waals surface area contributed by atoms with Crippen LogP contribution in [0.2, 0.25) is 0 Å². The average Bonchev–Trinajstić information content (AvgIpc) is 2.93. The Kier molecular flexibility index (Phi) is 3.83. The van der Waals surface area contributed by atoms with Gasteiger partial charge in [-0.05, 0) is 24.6 Å². The quantitative estimate of drug-likeness (QED) is 0.690. The lowest BCUT2D eigenvalue weighted by Crippen LogP contribution is -2.42. The Morgan fingerprint density at radius 1 is 1.45 bits per heavy atom. The maximum absolute atomic E-state index is 11.9. The molecule has 0 saturated carbocycles. The van der Waals surface area contributed by atoms with Gasteiger partial charge >= 0.3 is 6.03 Å². The molecule has 1 saturated heterocycles. The highest BCUT2D eigenvalue weighted by atomic mass is 79.9. The molecule has 0 bridgehead atoms. The Labute approximate surface area is 137 Å². The summed E-state index contributed by atoms with van der Waals surface area (Å²) in [5, 5.41) is 7.61. The highest BCUT2D eigenvalue weighted by Gasteiger charge is 2.31. The van der Waals surface area contributed by atoms with Crippen molar-refractivity contribution in [3.63, 3.8) is 0 Å². The van der Waals surface area contributed by atoms with E-state index in [0.717, 1.165) is 20.3 Å². The van der Waals surface area contributed by atoms with E-state index in [1.807, 2.05) is 19.1 Å². The van der Waals surface area contributed by atoms with Crippen LogP contribution in [0.15, 0.2) is 16.6 Å². The van der Waals surface area contributed by atoms with Gasteiger partial charge in [0, 0.05) is 4.47 Å². The molecule has 1 atom stereocenters. The van der Waals surface area contributed by atoms with Crippen molar-refractivity contribution in [2.45, 2.75) is 19.4 Å². The molecule has 1 aliphatic heterocycles. The molecule has 1 aromatic heterocycles. The number of nitrogens with one attached hydrogen (secondary N) is 3. The van der Waals surface area contributed by atoms with Crippen molar-refractivity contribution in [2.75, 3.05) is 5.32 Å². The fourth-order valence-electron chi connectivity index (χ4n) is 2.17. The van der Waals surface area contributed by atoms with Gasteiger partial charge in [-0.25, -0.2) is 9.78 Å². The molecule has 1 unspecified atom stereocenters. The molecule has 114 valence electrons. The number of amides is 4. The van der Waals surface area contributed by atoms with Gasteiger partial charge in [0.1, 0.15) is 6.04 Å². The number of carbonyl (C=O) groups excluding carboxylic acids is 3. The summed E-state index contributed by atoms with van der Waals surface area (Å²) >= 11 is 4.75. The number of rotatable bonds is 2. The predicted molar refractivity (Wildman–Crippen MR) is 85.8 cm³/mol. The zero-order valence-electron chi connectivity index (χ0n) is 11.4. The molecule has 2 heterocycles. The van der Waals surface area contributed by atoms with Crippen LogP contribution in [0.1, 0.15) is 12.0 Å². The van der Waals surface area contributed by atoms with E-state index in [2.05, 4.69) is 36.9 Å². The zero-order chi connectivity index (χ0) is 15.9. The van der Waals surface area contributed by atoms with Crippen molar-refractivity contribution in [3.8, 4) is 0 Å². The van der Waals surface area contributed by atoms with E-state index in [4.69, 9.17) is 0 Å². The molecule has 9 heteroatoms. The fraction of sp³-hybridized carbons (Fsp3) is 0.231. The Hall–Kier alpha value is -2.00. The van der Waals surface area contributed by atoms with Crippen molar-refractivity contribution < 1.29 is 14.4 Å². The highest BCUT2D eigenvalue weighted by molar-refractivity contribution is 9.10. The molecule has 0 aliphatic carbocycles. The Bertz CT molecular complexity index is 804. The lowest BCUT2D eigenvalue weighted by molar-refractivity contribution is -0.125. The van der Waals surface area contributed by atoms with Gasteiger partial charge in [0.2, 0.25) is 11.8 Å². The summed E-state index contributed by atoms with van der Waals surface area (Å²) in [6, 6.07) is 2.47. The number of aryl methyl sites for hydroxylation is 1. The maximum Gasteiger partial charge on any atom is 0.321 e. The Balaban J connectivity index is 1.73. The lowest BCUT2D eigenvalue weighted by Gasteiger charge is -2.08. The van der Waals surface area contributed by atoms with Crippen LogP contribution < -0.4 is 16.0 Å². The molecule has 0 radical (unpaired) electrons. The molecule has 22 heavy (non-hydrogen) atoms. The van der Waals surface area contributed by atoms with Gasteiger partial charge in [-0.3, -0.25) is 20.2 Å². The van der Waals surface area contributed by atoms with E-state index in [1.165, 1.54) is 11.3 Å². The molecule has 2 aromatic rings. The van der Waals surface area contributed by atoms with Crippen LogP contribution in [-0.4, -0.2) is 28.9 Å². The number of urea groups is 1. The molecular weight excluding hydrogens is 372 g/mol. The van der Waals surface area contributed by atoms with E-state index in [1.54, 1.807) is 0 Å². The van der Waals surface area contributed by atoms with E-state index in [-0.39, 0.29) is 6.42 Å². The second-order valence-corrected chi connectivity index (χ2v) is 6.80. The summed E-state index contributed by atoms with van der Waals surface area (Å²) < 4.78 is 1.88. The number of hydrogen-bond acceptors (Lipinski definition) is 5. The summed E-state index contributed by atoms with van der Waals surface area (Å²) in [6.45, 7) is 1.94. The van der Waals surface area contributed by atoms with Crippen LogP contribution in [0.3, 0.4) is 0 Å². The number of carbonyl (C=O) groups is 3. The monoisotopic (exact) mass is 382 g/mol. The maximum atomic E-state index is 11.9. The van der Waals surface area contributed by atoms with Gasteiger partial charge in [-0.2, -0.15) is 0 Å². The third-order valence-electron chi connectivity index (χ3n) is 3.14. The molecule has 0 spiro atoms. The van der Waals surface area contributed by atoms with Gasteiger partial charge in [0.15, 0.2) is 5.13 Å². The van der Waals surface area contributed by atoms with Crippen LogP contribution in [0.25, 0.3) is 10.2 Å². The van der Waals surface area contributed by atoms with Crippen molar-refractivity contribution >= 4 is 60.5 Å². The molecule has 1 aromatic carbocycles. The first kappa shape index (κ1) is 14.9. The van der Waals surface area contributed by atoms with Crippen molar-refractivity contribution in [1.82, 2.24) is 15.6 Å². The lowest BCUT2D eigenvalue weighted by atomic mass is 10.2. The minimum Gasteiger partial charge on any atom is -0.325 e. The Morgan fingerprint density at radius 2 is 2.23 bits per heavy atom. The molecule has 3 rings (SSSR count). The van der Waals surface area contributed by atoms with E-state index in [0.29, 0.717) is 5.13 Å². The van der Waals surface area contributed by atoms with Crippen molar-refractivity contribution in [3.05, 3.63) is 22.2 Å². The topological polar surface area (TPSA) is 100 Å². The van der Waals surface area contributed by atoms with Gasteiger partial charge in [0.05, 0.1) is 16.6 Å². The number of aromatic nitrogens is 1. The second-order valence-electron chi connectivity index (χ2n) is 4.86. The minimum absolute atomic E-state index is 0.0435. The first-order chi connectivity index (χ1) is 10.4. The summed E-state index contributed by atoms with van der Waals surface area (Å²) in [7, 11) is 0. The molecule has 4 amide bonds. The van der Waals surface area contributed by atoms with Gasteiger partial charge in [-0.15, -0.1) is 0 Å². The predicted octanol–water partition coefficient (Wildman–Crippen LogP) is 1.90. The summed E-state index contributed by atoms with van der Waals surface area (Å²) in [4.78, 5) is 38.7.